The van der Waals surface area contributed by atoms with Crippen molar-refractivity contribution < 1.29 is 9.18 Å². The van der Waals surface area contributed by atoms with Gasteiger partial charge in [-0.3, -0.25) is 15.1 Å². The van der Waals surface area contributed by atoms with Crippen molar-refractivity contribution in [3.05, 3.63) is 81.8 Å². The molecular weight excluding hydrogens is 387 g/mol. The van der Waals surface area contributed by atoms with Crippen molar-refractivity contribution in [2.24, 2.45) is 0 Å². The largest absolute Gasteiger partial charge is 0.341 e. The summed E-state index contributed by atoms with van der Waals surface area (Å²) in [5, 5.41) is 22.5. The second-order valence-corrected chi connectivity index (χ2v) is 7.79. The fraction of sp³-hybridized carbons (Fsp3) is 0.136. The lowest BCUT2D eigenvalue weighted by atomic mass is 9.82. The van der Waals surface area contributed by atoms with Crippen LogP contribution in [0.3, 0.4) is 0 Å². The molecule has 1 aliphatic heterocycles. The van der Waals surface area contributed by atoms with Gasteiger partial charge in [-0.25, -0.2) is 4.39 Å². The summed E-state index contributed by atoms with van der Waals surface area (Å²) < 4.78 is 13.7. The zero-order valence-electron chi connectivity index (χ0n) is 15.6. The third kappa shape index (κ3) is 3.18. The Balaban J connectivity index is 1.83. The molecular formula is C22H17FN4OS. The number of nitrogens with zero attached hydrogens (tertiary/aromatic N) is 2. The normalized spacial score (nSPS) is 19.0. The van der Waals surface area contributed by atoms with E-state index in [4.69, 9.17) is 10.7 Å². The van der Waals surface area contributed by atoms with E-state index in [1.807, 2.05) is 47.8 Å². The van der Waals surface area contributed by atoms with E-state index in [2.05, 4.69) is 5.32 Å². The summed E-state index contributed by atoms with van der Waals surface area (Å²) in [6.45, 7) is 0. The quantitative estimate of drug-likeness (QED) is 0.691. The van der Waals surface area contributed by atoms with Crippen molar-refractivity contribution in [1.29, 1.82) is 10.7 Å². The van der Waals surface area contributed by atoms with Crippen LogP contribution in [0.15, 0.2) is 60.0 Å². The first kappa shape index (κ1) is 18.8. The summed E-state index contributed by atoms with van der Waals surface area (Å²) in [6, 6.07) is 17.8. The molecule has 2 aromatic carbocycles. The van der Waals surface area contributed by atoms with Gasteiger partial charge in [-0.2, -0.15) is 5.26 Å². The molecule has 2 N–H and O–H groups in total. The topological polar surface area (TPSA) is 80.0 Å². The van der Waals surface area contributed by atoms with Crippen LogP contribution in [0.4, 0.5) is 4.39 Å². The average molecular weight is 404 g/mol. The number of hydrogen-bond donors (Lipinski definition) is 2. The number of carbonyl (C=O) groups excluding carboxylic acids is 1. The molecule has 0 radical (unpaired) electrons. The lowest BCUT2D eigenvalue weighted by Gasteiger charge is -2.41. The fourth-order valence-electron chi connectivity index (χ4n) is 3.49. The Morgan fingerprint density at radius 2 is 1.97 bits per heavy atom. The molecule has 1 atom stereocenters. The van der Waals surface area contributed by atoms with E-state index < -0.39 is 11.4 Å². The second-order valence-electron chi connectivity index (χ2n) is 6.88. The molecule has 2 heterocycles. The van der Waals surface area contributed by atoms with E-state index in [1.165, 1.54) is 28.4 Å². The molecule has 0 spiro atoms. The first-order valence-corrected chi connectivity index (χ1v) is 9.80. The van der Waals surface area contributed by atoms with Crippen molar-refractivity contribution >= 4 is 23.2 Å². The van der Waals surface area contributed by atoms with Crippen LogP contribution in [-0.2, 0) is 10.3 Å². The first-order valence-electron chi connectivity index (χ1n) is 8.92. The molecule has 3 aromatic rings. The third-order valence-electron chi connectivity index (χ3n) is 5.16. The number of hydrogen-bond acceptors (Lipinski definition) is 4. The highest BCUT2D eigenvalue weighted by molar-refractivity contribution is 7.10. The van der Waals surface area contributed by atoms with Gasteiger partial charge in [-0.1, -0.05) is 36.4 Å². The van der Waals surface area contributed by atoms with Gasteiger partial charge in [0.1, 0.15) is 17.4 Å². The molecule has 144 valence electrons. The van der Waals surface area contributed by atoms with E-state index in [-0.39, 0.29) is 23.9 Å². The Kier molecular flexibility index (Phi) is 4.65. The Bertz CT molecular complexity index is 1130. The Hall–Kier alpha value is -3.50. The first-order chi connectivity index (χ1) is 13.9. The number of amides is 1. The van der Waals surface area contributed by atoms with Gasteiger partial charge in [-0.05, 0) is 40.3 Å². The highest BCUT2D eigenvalue weighted by Gasteiger charge is 2.44. The van der Waals surface area contributed by atoms with Crippen LogP contribution in [0.5, 0.6) is 0 Å². The number of carbonyl (C=O) groups is 1. The molecule has 1 fully saturated rings. The summed E-state index contributed by atoms with van der Waals surface area (Å²) >= 11 is 1.46. The summed E-state index contributed by atoms with van der Waals surface area (Å²) in [4.78, 5) is 14.8. The van der Waals surface area contributed by atoms with Crippen molar-refractivity contribution in [3.8, 4) is 17.2 Å². The van der Waals surface area contributed by atoms with Crippen LogP contribution in [0.2, 0.25) is 0 Å². The van der Waals surface area contributed by atoms with Gasteiger partial charge in [0.25, 0.3) is 0 Å². The van der Waals surface area contributed by atoms with E-state index in [9.17, 15) is 9.18 Å². The SMILES string of the molecule is CN1C(=N)NC(c2ccccc2)(c2cc(-c3ccc(F)c(C#N)c3)cs2)CC1=O. The summed E-state index contributed by atoms with van der Waals surface area (Å²) in [6.07, 6.45) is 0.169. The molecule has 0 aliphatic carbocycles. The zero-order valence-corrected chi connectivity index (χ0v) is 16.4. The standard InChI is InChI=1S/C22H17FN4OS/c1-27-20(28)11-22(26-21(27)25,17-5-3-2-4-6-17)19-10-16(13-29-19)14-7-8-18(23)15(9-14)12-24/h2-10,13H,11H2,1H3,(H2,25,26). The summed E-state index contributed by atoms with van der Waals surface area (Å²) in [5.74, 6) is -0.668. The summed E-state index contributed by atoms with van der Waals surface area (Å²) in [5.41, 5.74) is 1.57. The van der Waals surface area contributed by atoms with Gasteiger partial charge in [0.05, 0.1) is 12.0 Å². The number of nitrogens with one attached hydrogen (secondary N) is 2. The zero-order chi connectivity index (χ0) is 20.6. The number of guanidine groups is 1. The van der Waals surface area contributed by atoms with Crippen molar-refractivity contribution in [3.63, 3.8) is 0 Å². The molecule has 0 bridgehead atoms. The maximum atomic E-state index is 13.7. The minimum absolute atomic E-state index is 0.0117. The molecule has 5 nitrogen and oxygen atoms in total. The Labute approximate surface area is 171 Å². The fourth-order valence-corrected chi connectivity index (χ4v) is 4.59. The van der Waals surface area contributed by atoms with Crippen LogP contribution in [-0.4, -0.2) is 23.8 Å². The minimum atomic E-state index is -0.858. The second kappa shape index (κ2) is 7.15. The van der Waals surface area contributed by atoms with E-state index in [0.29, 0.717) is 0 Å². The van der Waals surface area contributed by atoms with Gasteiger partial charge in [0.2, 0.25) is 5.91 Å². The Morgan fingerprint density at radius 1 is 1.21 bits per heavy atom. The molecule has 1 amide bonds. The van der Waals surface area contributed by atoms with Gasteiger partial charge < -0.3 is 5.32 Å². The summed E-state index contributed by atoms with van der Waals surface area (Å²) in [7, 11) is 1.58. The molecule has 29 heavy (non-hydrogen) atoms. The highest BCUT2D eigenvalue weighted by Crippen LogP contribution is 2.41. The number of rotatable bonds is 3. The van der Waals surface area contributed by atoms with Gasteiger partial charge in [0, 0.05) is 11.9 Å². The van der Waals surface area contributed by atoms with Crippen molar-refractivity contribution in [1.82, 2.24) is 10.2 Å². The molecule has 0 saturated carbocycles. The van der Waals surface area contributed by atoms with Crippen molar-refractivity contribution in [2.45, 2.75) is 12.0 Å². The monoisotopic (exact) mass is 404 g/mol. The lowest BCUT2D eigenvalue weighted by molar-refractivity contribution is -0.129. The third-order valence-corrected chi connectivity index (χ3v) is 6.26. The van der Waals surface area contributed by atoms with Gasteiger partial charge in [0.15, 0.2) is 5.96 Å². The number of thiophene rings is 1. The molecule has 1 aliphatic rings. The van der Waals surface area contributed by atoms with Crippen LogP contribution >= 0.6 is 11.3 Å². The molecule has 1 aromatic heterocycles. The average Bonchev–Trinajstić information content (AvgIpc) is 3.23. The molecule has 4 rings (SSSR count). The maximum Gasteiger partial charge on any atom is 0.232 e. The van der Waals surface area contributed by atoms with E-state index in [1.54, 1.807) is 13.1 Å². The molecule has 1 unspecified atom stereocenters. The van der Waals surface area contributed by atoms with Crippen LogP contribution in [0.1, 0.15) is 22.4 Å². The number of halogens is 1. The van der Waals surface area contributed by atoms with Gasteiger partial charge in [-0.15, -0.1) is 11.3 Å². The van der Waals surface area contributed by atoms with E-state index in [0.717, 1.165) is 21.6 Å². The predicted molar refractivity (Wildman–Crippen MR) is 110 cm³/mol. The smallest absolute Gasteiger partial charge is 0.232 e. The minimum Gasteiger partial charge on any atom is -0.341 e. The lowest BCUT2D eigenvalue weighted by Crippen LogP contribution is -2.59. The molecule has 7 heteroatoms. The van der Waals surface area contributed by atoms with Crippen molar-refractivity contribution in [2.75, 3.05) is 7.05 Å². The number of benzene rings is 2. The van der Waals surface area contributed by atoms with Crippen LogP contribution < -0.4 is 5.32 Å². The highest BCUT2D eigenvalue weighted by atomic mass is 32.1. The van der Waals surface area contributed by atoms with Gasteiger partial charge >= 0.3 is 0 Å². The predicted octanol–water partition coefficient (Wildman–Crippen LogP) is 4.06. The van der Waals surface area contributed by atoms with E-state index >= 15 is 0 Å². The maximum absolute atomic E-state index is 13.7. The van der Waals surface area contributed by atoms with Crippen LogP contribution in [0.25, 0.3) is 11.1 Å². The molecule has 1 saturated heterocycles. The van der Waals surface area contributed by atoms with Crippen LogP contribution in [0, 0.1) is 22.6 Å². The Morgan fingerprint density at radius 3 is 2.66 bits per heavy atom. The number of nitriles is 1.